The van der Waals surface area contributed by atoms with Crippen LogP contribution in [0.5, 0.6) is 0 Å². The molecule has 0 saturated carbocycles. The smallest absolute Gasteiger partial charge is 0.113 e. The average Bonchev–Trinajstić information content (AvgIpc) is 2.83. The molecule has 0 aromatic carbocycles. The van der Waals surface area contributed by atoms with Crippen LogP contribution in [0.4, 0.5) is 0 Å². The number of hydrogen-bond acceptors (Lipinski definition) is 3. The number of hydrogen-bond donors (Lipinski definition) is 1. The Hall–Kier alpha value is -1.00. The monoisotopic (exact) mass is 261 g/mol. The summed E-state index contributed by atoms with van der Waals surface area (Å²) in [5, 5.41) is 0. The molecule has 1 aliphatic heterocycles. The zero-order valence-electron chi connectivity index (χ0n) is 10.5. The first-order chi connectivity index (χ1) is 8.88. The maximum atomic E-state index is 5.82. The van der Waals surface area contributed by atoms with Crippen LogP contribution in [0.3, 0.4) is 0 Å². The van der Waals surface area contributed by atoms with Crippen LogP contribution in [0.2, 0.25) is 0 Å². The van der Waals surface area contributed by atoms with Gasteiger partial charge in [0.2, 0.25) is 0 Å². The highest BCUT2D eigenvalue weighted by Crippen LogP contribution is 2.26. The van der Waals surface area contributed by atoms with E-state index in [9.17, 15) is 0 Å². The van der Waals surface area contributed by atoms with Crippen LogP contribution in [0, 0.1) is 5.92 Å². The Labute approximate surface area is 112 Å². The molecule has 0 radical (unpaired) electrons. The maximum absolute atomic E-state index is 5.82. The van der Waals surface area contributed by atoms with Crippen molar-refractivity contribution in [3.63, 3.8) is 0 Å². The zero-order valence-corrected chi connectivity index (χ0v) is 11.3. The minimum atomic E-state index is 0.570. The number of aromatic nitrogens is 2. The first-order valence-electron chi connectivity index (χ1n) is 6.60. The molecule has 1 atom stereocenters. The van der Waals surface area contributed by atoms with Crippen molar-refractivity contribution < 1.29 is 0 Å². The third-order valence-corrected chi connectivity index (χ3v) is 4.92. The number of rotatable bonds is 3. The summed E-state index contributed by atoms with van der Waals surface area (Å²) in [7, 11) is 0. The Morgan fingerprint density at radius 2 is 2.39 bits per heavy atom. The molecule has 96 valence electrons. The molecule has 4 heteroatoms. The molecule has 1 fully saturated rings. The molecular formula is C14H19N3S. The third kappa shape index (κ3) is 2.27. The van der Waals surface area contributed by atoms with Gasteiger partial charge in [-0.3, -0.25) is 4.40 Å². The lowest BCUT2D eigenvalue weighted by atomic mass is 10.0. The summed E-state index contributed by atoms with van der Waals surface area (Å²) in [4.78, 5) is 4.60. The van der Waals surface area contributed by atoms with Crippen molar-refractivity contribution in [2.24, 2.45) is 11.7 Å². The molecule has 1 unspecified atom stereocenters. The van der Waals surface area contributed by atoms with Crippen LogP contribution in [-0.2, 0) is 13.0 Å². The van der Waals surface area contributed by atoms with Crippen molar-refractivity contribution >= 4 is 17.3 Å². The van der Waals surface area contributed by atoms with E-state index in [4.69, 9.17) is 5.73 Å². The fourth-order valence-electron chi connectivity index (χ4n) is 2.72. The van der Waals surface area contributed by atoms with Crippen molar-refractivity contribution in [3.8, 4) is 0 Å². The number of fused-ring (bicyclic) bond motifs is 1. The van der Waals surface area contributed by atoms with Crippen molar-refractivity contribution in [2.75, 3.05) is 11.5 Å². The zero-order chi connectivity index (χ0) is 12.4. The van der Waals surface area contributed by atoms with Gasteiger partial charge < -0.3 is 5.73 Å². The molecule has 0 amide bonds. The van der Waals surface area contributed by atoms with Gasteiger partial charge in [0, 0.05) is 18.7 Å². The largest absolute Gasteiger partial charge is 0.325 e. The Kier molecular flexibility index (Phi) is 3.57. The van der Waals surface area contributed by atoms with Gasteiger partial charge in [0.15, 0.2) is 0 Å². The number of nitrogens with zero attached hydrogens (tertiary/aromatic N) is 2. The average molecular weight is 261 g/mol. The summed E-state index contributed by atoms with van der Waals surface area (Å²) in [5.74, 6) is 4.56. The van der Waals surface area contributed by atoms with E-state index in [1.54, 1.807) is 0 Å². The van der Waals surface area contributed by atoms with Gasteiger partial charge in [-0.15, -0.1) is 0 Å². The molecule has 1 saturated heterocycles. The second kappa shape index (κ2) is 5.33. The van der Waals surface area contributed by atoms with E-state index in [2.05, 4.69) is 39.3 Å². The van der Waals surface area contributed by atoms with Gasteiger partial charge >= 0.3 is 0 Å². The van der Waals surface area contributed by atoms with Crippen LogP contribution >= 0.6 is 11.8 Å². The summed E-state index contributed by atoms with van der Waals surface area (Å²) in [6.07, 6.45) is 5.73. The lowest BCUT2D eigenvalue weighted by Gasteiger charge is -2.20. The summed E-state index contributed by atoms with van der Waals surface area (Å²) in [6, 6.07) is 6.25. The second-order valence-corrected chi connectivity index (χ2v) is 6.09. The van der Waals surface area contributed by atoms with Gasteiger partial charge in [-0.05, 0) is 42.4 Å². The van der Waals surface area contributed by atoms with E-state index in [1.807, 2.05) is 6.20 Å². The predicted molar refractivity (Wildman–Crippen MR) is 76.8 cm³/mol. The third-order valence-electron chi connectivity index (χ3n) is 3.64. The van der Waals surface area contributed by atoms with Crippen molar-refractivity contribution in [2.45, 2.75) is 25.8 Å². The van der Waals surface area contributed by atoms with E-state index < -0.39 is 0 Å². The topological polar surface area (TPSA) is 43.3 Å². The number of nitrogens with two attached hydrogens (primary N) is 1. The highest BCUT2D eigenvalue weighted by Gasteiger charge is 2.17. The molecule has 0 bridgehead atoms. The fraction of sp³-hybridized carbons (Fsp3) is 0.500. The summed E-state index contributed by atoms with van der Waals surface area (Å²) in [6.45, 7) is 0.570. The molecule has 2 aromatic rings. The first kappa shape index (κ1) is 12.1. The molecule has 3 rings (SSSR count). The Morgan fingerprint density at radius 1 is 1.44 bits per heavy atom. The molecule has 18 heavy (non-hydrogen) atoms. The van der Waals surface area contributed by atoms with Crippen molar-refractivity contribution in [1.82, 2.24) is 9.38 Å². The Bertz CT molecular complexity index is 529. The lowest BCUT2D eigenvalue weighted by Crippen LogP contribution is -2.16. The highest BCUT2D eigenvalue weighted by atomic mass is 32.2. The van der Waals surface area contributed by atoms with E-state index in [-0.39, 0.29) is 0 Å². The van der Waals surface area contributed by atoms with E-state index in [0.717, 1.165) is 23.5 Å². The summed E-state index contributed by atoms with van der Waals surface area (Å²) >= 11 is 2.08. The van der Waals surface area contributed by atoms with Crippen LogP contribution in [0.25, 0.3) is 5.52 Å². The first-order valence-corrected chi connectivity index (χ1v) is 7.76. The van der Waals surface area contributed by atoms with Crippen LogP contribution in [0.15, 0.2) is 24.4 Å². The Morgan fingerprint density at radius 3 is 3.17 bits per heavy atom. The van der Waals surface area contributed by atoms with Crippen LogP contribution < -0.4 is 5.73 Å². The quantitative estimate of drug-likeness (QED) is 0.923. The predicted octanol–water partition coefficient (Wildman–Crippen LogP) is 2.48. The SMILES string of the molecule is NCc1cccc2cnc(CC3CCCSC3)n12. The molecule has 0 aliphatic carbocycles. The lowest BCUT2D eigenvalue weighted by molar-refractivity contribution is 0.506. The molecule has 2 N–H and O–H groups in total. The Balaban J connectivity index is 1.91. The van der Waals surface area contributed by atoms with E-state index in [0.29, 0.717) is 6.54 Å². The second-order valence-electron chi connectivity index (χ2n) is 4.94. The standard InChI is InChI=1S/C14H19N3S/c15-8-12-4-1-5-13-9-16-14(17(12)13)7-11-3-2-6-18-10-11/h1,4-5,9,11H,2-3,6-8,10,15H2. The molecule has 0 spiro atoms. The van der Waals surface area contributed by atoms with Gasteiger partial charge in [0.1, 0.15) is 5.82 Å². The summed E-state index contributed by atoms with van der Waals surface area (Å²) in [5.41, 5.74) is 8.14. The molecule has 3 nitrogen and oxygen atoms in total. The minimum absolute atomic E-state index is 0.570. The summed E-state index contributed by atoms with van der Waals surface area (Å²) < 4.78 is 2.24. The van der Waals surface area contributed by atoms with Crippen LogP contribution in [-0.4, -0.2) is 20.9 Å². The molecule has 3 heterocycles. The van der Waals surface area contributed by atoms with E-state index >= 15 is 0 Å². The van der Waals surface area contributed by atoms with Gasteiger partial charge in [0.25, 0.3) is 0 Å². The minimum Gasteiger partial charge on any atom is -0.325 e. The molecular weight excluding hydrogens is 242 g/mol. The molecule has 2 aromatic heterocycles. The van der Waals surface area contributed by atoms with Gasteiger partial charge in [0.05, 0.1) is 11.7 Å². The van der Waals surface area contributed by atoms with Gasteiger partial charge in [-0.25, -0.2) is 4.98 Å². The van der Waals surface area contributed by atoms with Crippen molar-refractivity contribution in [1.29, 1.82) is 0 Å². The van der Waals surface area contributed by atoms with Gasteiger partial charge in [-0.1, -0.05) is 6.07 Å². The van der Waals surface area contributed by atoms with E-state index in [1.165, 1.54) is 30.2 Å². The van der Waals surface area contributed by atoms with Gasteiger partial charge in [-0.2, -0.15) is 11.8 Å². The number of thioether (sulfide) groups is 1. The molecule has 1 aliphatic rings. The van der Waals surface area contributed by atoms with Crippen LogP contribution in [0.1, 0.15) is 24.4 Å². The van der Waals surface area contributed by atoms with Crippen molar-refractivity contribution in [3.05, 3.63) is 35.9 Å². The number of pyridine rings is 1. The maximum Gasteiger partial charge on any atom is 0.113 e. The highest BCUT2D eigenvalue weighted by molar-refractivity contribution is 7.99. The number of imidazole rings is 1. The fourth-order valence-corrected chi connectivity index (χ4v) is 3.87. The normalized spacial score (nSPS) is 20.4.